The maximum Gasteiger partial charge on any atom is 0.242 e. The summed E-state index contributed by atoms with van der Waals surface area (Å²) in [5.41, 5.74) is 5.26. The Hall–Kier alpha value is -1.10. The zero-order chi connectivity index (χ0) is 13.8. The van der Waals surface area contributed by atoms with E-state index in [1.165, 1.54) is 0 Å². The molecular weight excluding hydrogens is 230 g/mol. The summed E-state index contributed by atoms with van der Waals surface area (Å²) in [6, 6.07) is -0.530. The largest absolute Gasteiger partial charge is 0.354 e. The average Bonchev–Trinajstić information content (AvgIpc) is 2.74. The van der Waals surface area contributed by atoms with Crippen molar-refractivity contribution in [2.75, 3.05) is 6.54 Å². The lowest BCUT2D eigenvalue weighted by molar-refractivity contribution is -0.131. The molecule has 1 rings (SSSR count). The molecule has 1 saturated carbocycles. The molecule has 18 heavy (non-hydrogen) atoms. The zero-order valence-corrected chi connectivity index (χ0v) is 11.6. The SMILES string of the molecule is CC(C)CNC(=O)C(C)NC(=O)C1(N)CCCC1. The van der Waals surface area contributed by atoms with Crippen LogP contribution < -0.4 is 16.4 Å². The van der Waals surface area contributed by atoms with E-state index < -0.39 is 11.6 Å². The molecule has 5 nitrogen and oxygen atoms in total. The van der Waals surface area contributed by atoms with E-state index in [4.69, 9.17) is 5.73 Å². The molecule has 1 atom stereocenters. The Kier molecular flexibility index (Phi) is 5.14. The van der Waals surface area contributed by atoms with Gasteiger partial charge in [0.05, 0.1) is 5.54 Å². The fourth-order valence-electron chi connectivity index (χ4n) is 2.10. The Morgan fingerprint density at radius 3 is 2.28 bits per heavy atom. The Bertz CT molecular complexity index is 309. The van der Waals surface area contributed by atoms with Crippen LogP contribution in [0.25, 0.3) is 0 Å². The van der Waals surface area contributed by atoms with Crippen molar-refractivity contribution >= 4 is 11.8 Å². The highest BCUT2D eigenvalue weighted by Gasteiger charge is 2.37. The van der Waals surface area contributed by atoms with Crippen LogP contribution in [0.4, 0.5) is 0 Å². The molecule has 0 aromatic heterocycles. The van der Waals surface area contributed by atoms with Gasteiger partial charge in [-0.3, -0.25) is 9.59 Å². The van der Waals surface area contributed by atoms with Crippen molar-refractivity contribution in [3.63, 3.8) is 0 Å². The van der Waals surface area contributed by atoms with Crippen LogP contribution in [-0.4, -0.2) is 29.9 Å². The molecule has 5 heteroatoms. The molecular formula is C13H25N3O2. The Morgan fingerprint density at radius 1 is 1.22 bits per heavy atom. The van der Waals surface area contributed by atoms with Crippen LogP contribution in [0.2, 0.25) is 0 Å². The number of nitrogens with one attached hydrogen (secondary N) is 2. The Balaban J connectivity index is 2.41. The minimum Gasteiger partial charge on any atom is -0.354 e. The van der Waals surface area contributed by atoms with Crippen molar-refractivity contribution in [2.45, 2.75) is 58.0 Å². The fraction of sp³-hybridized carbons (Fsp3) is 0.846. The lowest BCUT2D eigenvalue weighted by Gasteiger charge is -2.24. The highest BCUT2D eigenvalue weighted by atomic mass is 16.2. The molecule has 0 bridgehead atoms. The van der Waals surface area contributed by atoms with E-state index in [1.807, 2.05) is 13.8 Å². The molecule has 0 saturated heterocycles. The second-order valence-electron chi connectivity index (χ2n) is 5.70. The first-order chi connectivity index (χ1) is 8.35. The van der Waals surface area contributed by atoms with E-state index >= 15 is 0 Å². The van der Waals surface area contributed by atoms with E-state index in [1.54, 1.807) is 6.92 Å². The van der Waals surface area contributed by atoms with Crippen molar-refractivity contribution in [1.29, 1.82) is 0 Å². The number of hydrogen-bond acceptors (Lipinski definition) is 3. The average molecular weight is 255 g/mol. The minimum atomic E-state index is -0.771. The fourth-order valence-corrected chi connectivity index (χ4v) is 2.10. The summed E-state index contributed by atoms with van der Waals surface area (Å²) in [5, 5.41) is 5.51. The monoisotopic (exact) mass is 255 g/mol. The van der Waals surface area contributed by atoms with Crippen LogP contribution in [0, 0.1) is 5.92 Å². The number of nitrogens with two attached hydrogens (primary N) is 1. The molecule has 1 unspecified atom stereocenters. The van der Waals surface area contributed by atoms with Crippen LogP contribution >= 0.6 is 0 Å². The summed E-state index contributed by atoms with van der Waals surface area (Å²) in [7, 11) is 0. The van der Waals surface area contributed by atoms with E-state index in [-0.39, 0.29) is 11.8 Å². The van der Waals surface area contributed by atoms with Crippen molar-refractivity contribution < 1.29 is 9.59 Å². The predicted molar refractivity (Wildman–Crippen MR) is 70.8 cm³/mol. The van der Waals surface area contributed by atoms with Gasteiger partial charge in [0.25, 0.3) is 0 Å². The molecule has 0 spiro atoms. The summed E-state index contributed by atoms with van der Waals surface area (Å²) >= 11 is 0. The molecule has 104 valence electrons. The van der Waals surface area contributed by atoms with Gasteiger partial charge in [-0.2, -0.15) is 0 Å². The van der Waals surface area contributed by atoms with Crippen LogP contribution in [0.5, 0.6) is 0 Å². The summed E-state index contributed by atoms with van der Waals surface area (Å²) in [5.74, 6) is 0.0402. The third-order valence-corrected chi connectivity index (χ3v) is 3.37. The van der Waals surface area contributed by atoms with Gasteiger partial charge in [0.2, 0.25) is 11.8 Å². The smallest absolute Gasteiger partial charge is 0.242 e. The maximum absolute atomic E-state index is 12.0. The standard InChI is InChI=1S/C13H25N3O2/c1-9(2)8-15-11(17)10(3)16-12(18)13(14)6-4-5-7-13/h9-10H,4-8,14H2,1-3H3,(H,15,17)(H,16,18). The van der Waals surface area contributed by atoms with Crippen molar-refractivity contribution in [3.05, 3.63) is 0 Å². The molecule has 2 amide bonds. The lowest BCUT2D eigenvalue weighted by atomic mass is 9.97. The highest BCUT2D eigenvalue weighted by Crippen LogP contribution is 2.27. The predicted octanol–water partition coefficient (Wildman–Crippen LogP) is 0.535. The third kappa shape index (κ3) is 3.98. The normalized spacial score (nSPS) is 19.6. The van der Waals surface area contributed by atoms with Gasteiger partial charge >= 0.3 is 0 Å². The number of carbonyl (C=O) groups excluding carboxylic acids is 2. The molecule has 0 aromatic carbocycles. The van der Waals surface area contributed by atoms with Gasteiger partial charge in [-0.05, 0) is 25.7 Å². The number of carbonyl (C=O) groups is 2. The summed E-state index contributed by atoms with van der Waals surface area (Å²) < 4.78 is 0. The van der Waals surface area contributed by atoms with Gasteiger partial charge in [-0.25, -0.2) is 0 Å². The number of hydrogen-bond donors (Lipinski definition) is 3. The highest BCUT2D eigenvalue weighted by molar-refractivity contribution is 5.91. The van der Waals surface area contributed by atoms with Crippen LogP contribution in [0.1, 0.15) is 46.5 Å². The topological polar surface area (TPSA) is 84.2 Å². The zero-order valence-electron chi connectivity index (χ0n) is 11.6. The Morgan fingerprint density at radius 2 is 1.78 bits per heavy atom. The molecule has 4 N–H and O–H groups in total. The second kappa shape index (κ2) is 6.18. The lowest BCUT2D eigenvalue weighted by Crippen LogP contribution is -2.56. The van der Waals surface area contributed by atoms with Crippen molar-refractivity contribution in [3.8, 4) is 0 Å². The van der Waals surface area contributed by atoms with Crippen LogP contribution in [0.3, 0.4) is 0 Å². The van der Waals surface area contributed by atoms with Crippen molar-refractivity contribution in [2.24, 2.45) is 11.7 Å². The van der Waals surface area contributed by atoms with E-state index in [2.05, 4.69) is 10.6 Å². The minimum absolute atomic E-state index is 0.154. The van der Waals surface area contributed by atoms with Crippen LogP contribution in [0.15, 0.2) is 0 Å². The van der Waals surface area contributed by atoms with E-state index in [9.17, 15) is 9.59 Å². The van der Waals surface area contributed by atoms with Gasteiger partial charge in [-0.1, -0.05) is 26.7 Å². The summed E-state index contributed by atoms with van der Waals surface area (Å²) in [6.45, 7) is 6.35. The number of rotatable bonds is 5. The molecule has 1 aliphatic rings. The maximum atomic E-state index is 12.0. The van der Waals surface area contributed by atoms with Gasteiger partial charge in [0.1, 0.15) is 6.04 Å². The van der Waals surface area contributed by atoms with Crippen LogP contribution in [-0.2, 0) is 9.59 Å². The first-order valence-corrected chi connectivity index (χ1v) is 6.73. The molecule has 1 aliphatic carbocycles. The Labute approximate surface area is 109 Å². The molecule has 0 aromatic rings. The van der Waals surface area contributed by atoms with E-state index in [0.717, 1.165) is 12.8 Å². The summed E-state index contributed by atoms with van der Waals surface area (Å²) in [4.78, 5) is 23.7. The summed E-state index contributed by atoms with van der Waals surface area (Å²) in [6.07, 6.45) is 3.38. The second-order valence-corrected chi connectivity index (χ2v) is 5.70. The quantitative estimate of drug-likeness (QED) is 0.670. The first kappa shape index (κ1) is 15.0. The van der Waals surface area contributed by atoms with E-state index in [0.29, 0.717) is 25.3 Å². The van der Waals surface area contributed by atoms with Crippen molar-refractivity contribution in [1.82, 2.24) is 10.6 Å². The van der Waals surface area contributed by atoms with Gasteiger partial charge in [-0.15, -0.1) is 0 Å². The molecule has 0 aliphatic heterocycles. The third-order valence-electron chi connectivity index (χ3n) is 3.37. The van der Waals surface area contributed by atoms with Gasteiger partial charge in [0.15, 0.2) is 0 Å². The first-order valence-electron chi connectivity index (χ1n) is 6.73. The molecule has 0 radical (unpaired) electrons. The van der Waals surface area contributed by atoms with Gasteiger partial charge in [0, 0.05) is 6.54 Å². The molecule has 1 fully saturated rings. The van der Waals surface area contributed by atoms with Gasteiger partial charge < -0.3 is 16.4 Å². The number of amides is 2. The molecule has 0 heterocycles.